The Bertz CT molecular complexity index is 549. The monoisotopic (exact) mass is 343 g/mol. The highest BCUT2D eigenvalue weighted by atomic mass is 79.9. The van der Waals surface area contributed by atoms with Crippen molar-refractivity contribution in [2.75, 3.05) is 7.11 Å². The van der Waals surface area contributed by atoms with Crippen molar-refractivity contribution < 1.29 is 18.7 Å². The Labute approximate surface area is 125 Å². The van der Waals surface area contributed by atoms with Gasteiger partial charge in [0.05, 0.1) is 13.2 Å². The summed E-state index contributed by atoms with van der Waals surface area (Å²) in [6.07, 6.45) is 0.686. The van der Waals surface area contributed by atoms with Crippen molar-refractivity contribution in [3.63, 3.8) is 0 Å². The van der Waals surface area contributed by atoms with E-state index in [2.05, 4.69) is 15.9 Å². The third kappa shape index (κ3) is 2.70. The molecule has 108 valence electrons. The van der Waals surface area contributed by atoms with E-state index in [1.54, 1.807) is 19.1 Å². The number of esters is 1. The molecule has 1 aliphatic rings. The lowest BCUT2D eigenvalue weighted by Gasteiger charge is -2.30. The molecule has 0 aliphatic carbocycles. The highest BCUT2D eigenvalue weighted by Gasteiger charge is 2.40. The first-order valence-electron chi connectivity index (χ1n) is 6.29. The summed E-state index contributed by atoms with van der Waals surface area (Å²) in [5.41, 5.74) is 0.378. The predicted molar refractivity (Wildman–Crippen MR) is 74.4 cm³/mol. The van der Waals surface area contributed by atoms with Crippen LogP contribution < -0.4 is 0 Å². The summed E-state index contributed by atoms with van der Waals surface area (Å²) in [6.45, 7) is 1.71. The molecule has 1 aliphatic heterocycles. The van der Waals surface area contributed by atoms with E-state index in [1.165, 1.54) is 18.1 Å². The molecule has 0 N–H and O–H groups in total. The number of hydrogen-bond donors (Lipinski definition) is 0. The molecule has 0 radical (unpaired) electrons. The molecule has 1 fully saturated rings. The largest absolute Gasteiger partial charge is 0.467 e. The minimum absolute atomic E-state index is 0.160. The zero-order chi connectivity index (χ0) is 14.9. The van der Waals surface area contributed by atoms with Crippen LogP contribution in [0.25, 0.3) is 0 Å². The molecule has 1 saturated heterocycles. The number of carbonyl (C=O) groups excluding carboxylic acids is 2. The first-order valence-corrected chi connectivity index (χ1v) is 7.09. The summed E-state index contributed by atoms with van der Waals surface area (Å²) in [5, 5.41) is 0. The lowest BCUT2D eigenvalue weighted by molar-refractivity contribution is -0.150. The topological polar surface area (TPSA) is 46.6 Å². The minimum Gasteiger partial charge on any atom is -0.467 e. The zero-order valence-electron chi connectivity index (χ0n) is 11.2. The number of amides is 1. The van der Waals surface area contributed by atoms with Crippen LogP contribution in [0.3, 0.4) is 0 Å². The number of methoxy groups -OCH3 is 1. The van der Waals surface area contributed by atoms with E-state index < -0.39 is 23.9 Å². The van der Waals surface area contributed by atoms with Crippen LogP contribution >= 0.6 is 15.9 Å². The summed E-state index contributed by atoms with van der Waals surface area (Å²) in [5.74, 6) is -1.02. The maximum atomic E-state index is 13.9. The van der Waals surface area contributed by atoms with Gasteiger partial charge >= 0.3 is 5.97 Å². The van der Waals surface area contributed by atoms with Gasteiger partial charge in [0, 0.05) is 16.5 Å². The lowest BCUT2D eigenvalue weighted by atomic mass is 10.1. The van der Waals surface area contributed by atoms with Gasteiger partial charge in [-0.15, -0.1) is 0 Å². The first-order chi connectivity index (χ1) is 9.45. The van der Waals surface area contributed by atoms with Crippen LogP contribution in [-0.2, 0) is 14.3 Å². The van der Waals surface area contributed by atoms with Crippen LogP contribution in [0, 0.1) is 5.82 Å². The molecule has 1 heterocycles. The molecule has 0 spiro atoms. The normalized spacial score (nSPS) is 20.1. The molecular weight excluding hydrogens is 329 g/mol. The van der Waals surface area contributed by atoms with Crippen molar-refractivity contribution in [1.82, 2.24) is 4.90 Å². The van der Waals surface area contributed by atoms with Crippen molar-refractivity contribution >= 4 is 27.8 Å². The van der Waals surface area contributed by atoms with Gasteiger partial charge in [-0.05, 0) is 31.5 Å². The number of benzene rings is 1. The average Bonchev–Trinajstić information content (AvgIpc) is 2.81. The van der Waals surface area contributed by atoms with E-state index >= 15 is 0 Å². The molecule has 1 amide bonds. The molecule has 0 bridgehead atoms. The highest BCUT2D eigenvalue weighted by Crippen LogP contribution is 2.33. The maximum absolute atomic E-state index is 13.9. The summed E-state index contributed by atoms with van der Waals surface area (Å²) in [4.78, 5) is 25.2. The van der Waals surface area contributed by atoms with Crippen molar-refractivity contribution in [2.45, 2.75) is 31.8 Å². The molecule has 2 atom stereocenters. The van der Waals surface area contributed by atoms with E-state index in [-0.39, 0.29) is 12.3 Å². The van der Waals surface area contributed by atoms with E-state index in [9.17, 15) is 14.0 Å². The van der Waals surface area contributed by atoms with Gasteiger partial charge in [-0.25, -0.2) is 9.18 Å². The first kappa shape index (κ1) is 15.0. The number of rotatable bonds is 3. The molecule has 1 aromatic rings. The predicted octanol–water partition coefficient (Wildman–Crippen LogP) is 2.81. The number of ether oxygens (including phenoxy) is 1. The summed E-state index contributed by atoms with van der Waals surface area (Å²) < 4.78 is 19.4. The Kier molecular flexibility index (Phi) is 4.42. The molecule has 2 rings (SSSR count). The summed E-state index contributed by atoms with van der Waals surface area (Å²) in [7, 11) is 1.29. The fourth-order valence-electron chi connectivity index (χ4n) is 2.54. The maximum Gasteiger partial charge on any atom is 0.328 e. The van der Waals surface area contributed by atoms with Gasteiger partial charge in [-0.1, -0.05) is 15.9 Å². The van der Waals surface area contributed by atoms with Gasteiger partial charge in [0.25, 0.3) is 0 Å². The van der Waals surface area contributed by atoms with Gasteiger partial charge in [0.15, 0.2) is 0 Å². The Morgan fingerprint density at radius 1 is 1.55 bits per heavy atom. The van der Waals surface area contributed by atoms with Gasteiger partial charge in [-0.3, -0.25) is 4.79 Å². The Morgan fingerprint density at radius 3 is 2.90 bits per heavy atom. The Hall–Kier alpha value is -1.43. The molecular formula is C14H15BrFNO3. The second kappa shape index (κ2) is 5.91. The number of hydrogen-bond acceptors (Lipinski definition) is 3. The van der Waals surface area contributed by atoms with Crippen molar-refractivity contribution in [1.29, 1.82) is 0 Å². The van der Waals surface area contributed by atoms with E-state index in [0.29, 0.717) is 12.0 Å². The van der Waals surface area contributed by atoms with E-state index in [0.717, 1.165) is 4.47 Å². The Morgan fingerprint density at radius 2 is 2.25 bits per heavy atom. The smallest absolute Gasteiger partial charge is 0.328 e. The molecule has 6 heteroatoms. The van der Waals surface area contributed by atoms with Crippen LogP contribution in [0.4, 0.5) is 4.39 Å². The molecule has 1 aromatic carbocycles. The third-order valence-electron chi connectivity index (χ3n) is 3.55. The van der Waals surface area contributed by atoms with Gasteiger partial charge < -0.3 is 9.64 Å². The van der Waals surface area contributed by atoms with Gasteiger partial charge in [0.1, 0.15) is 11.9 Å². The summed E-state index contributed by atoms with van der Waals surface area (Å²) in [6, 6.07) is 3.39. The van der Waals surface area contributed by atoms with Crippen molar-refractivity contribution in [3.8, 4) is 0 Å². The SMILES string of the molecule is COC(=O)C1CCC(=O)N1C(C)c1cc(Br)ccc1F. The van der Waals surface area contributed by atoms with Crippen LogP contribution in [-0.4, -0.2) is 29.9 Å². The number of nitrogens with zero attached hydrogens (tertiary/aromatic N) is 1. The fraction of sp³-hybridized carbons (Fsp3) is 0.429. The highest BCUT2D eigenvalue weighted by molar-refractivity contribution is 9.10. The molecule has 20 heavy (non-hydrogen) atoms. The van der Waals surface area contributed by atoms with E-state index in [4.69, 9.17) is 4.74 Å². The quantitative estimate of drug-likeness (QED) is 0.793. The zero-order valence-corrected chi connectivity index (χ0v) is 12.8. The van der Waals surface area contributed by atoms with Crippen LogP contribution in [0.2, 0.25) is 0 Å². The second-order valence-electron chi connectivity index (χ2n) is 4.72. The van der Waals surface area contributed by atoms with Crippen molar-refractivity contribution in [2.24, 2.45) is 0 Å². The minimum atomic E-state index is -0.638. The second-order valence-corrected chi connectivity index (χ2v) is 5.64. The third-order valence-corrected chi connectivity index (χ3v) is 4.05. The lowest BCUT2D eigenvalue weighted by Crippen LogP contribution is -2.41. The molecule has 0 aromatic heterocycles. The van der Waals surface area contributed by atoms with E-state index in [1.807, 2.05) is 0 Å². The molecule has 2 unspecified atom stereocenters. The van der Waals surface area contributed by atoms with Gasteiger partial charge in [0.2, 0.25) is 5.91 Å². The van der Waals surface area contributed by atoms with Crippen LogP contribution in [0.15, 0.2) is 22.7 Å². The molecule has 4 nitrogen and oxygen atoms in total. The number of likely N-dealkylation sites (tertiary alicyclic amines) is 1. The summed E-state index contributed by atoms with van der Waals surface area (Å²) >= 11 is 3.28. The van der Waals surface area contributed by atoms with Crippen LogP contribution in [0.5, 0.6) is 0 Å². The van der Waals surface area contributed by atoms with Crippen molar-refractivity contribution in [3.05, 3.63) is 34.1 Å². The van der Waals surface area contributed by atoms with Gasteiger partial charge in [-0.2, -0.15) is 0 Å². The molecule has 0 saturated carbocycles. The number of carbonyl (C=O) groups is 2. The Balaban J connectivity index is 2.34. The fourth-order valence-corrected chi connectivity index (χ4v) is 2.92. The standard InChI is InChI=1S/C14H15BrFNO3/c1-8(10-7-9(15)3-4-11(10)16)17-12(14(19)20-2)5-6-13(17)18/h3-4,7-8,12H,5-6H2,1-2H3. The number of halogens is 2. The average molecular weight is 344 g/mol. The van der Waals surface area contributed by atoms with Crippen LogP contribution in [0.1, 0.15) is 31.4 Å².